The fourth-order valence-electron chi connectivity index (χ4n) is 3.99. The smallest absolute Gasteiger partial charge is 0.293 e. The first-order chi connectivity index (χ1) is 15.2. The summed E-state index contributed by atoms with van der Waals surface area (Å²) in [5, 5.41) is 14.9. The summed E-state index contributed by atoms with van der Waals surface area (Å²) in [7, 11) is -2.21. The van der Waals surface area contributed by atoms with Crippen LogP contribution in [0.3, 0.4) is 0 Å². The monoisotopic (exact) mass is 462 g/mol. The van der Waals surface area contributed by atoms with E-state index in [4.69, 9.17) is 4.74 Å². The number of para-hydroxylation sites is 1. The molecule has 0 aromatic heterocycles. The molecule has 1 aliphatic heterocycles. The van der Waals surface area contributed by atoms with Crippen LogP contribution >= 0.6 is 0 Å². The molecule has 0 radical (unpaired) electrons. The summed E-state index contributed by atoms with van der Waals surface area (Å²) < 4.78 is 32.9. The van der Waals surface area contributed by atoms with E-state index < -0.39 is 14.9 Å². The Morgan fingerprint density at radius 2 is 1.84 bits per heavy atom. The largest absolute Gasteiger partial charge is 0.496 e. The van der Waals surface area contributed by atoms with E-state index in [0.29, 0.717) is 6.54 Å². The molecule has 2 aromatic carbocycles. The molecule has 0 aliphatic carbocycles. The van der Waals surface area contributed by atoms with Gasteiger partial charge in [-0.2, -0.15) is 0 Å². The van der Waals surface area contributed by atoms with E-state index in [1.165, 1.54) is 12.1 Å². The van der Waals surface area contributed by atoms with Crippen molar-refractivity contribution in [2.75, 3.05) is 32.1 Å². The van der Waals surface area contributed by atoms with Crippen LogP contribution in [0.25, 0.3) is 0 Å². The molecule has 1 saturated heterocycles. The van der Waals surface area contributed by atoms with E-state index in [1.807, 2.05) is 24.3 Å². The SMILES string of the molecule is COc1ccccc1[C@H](CNc1ccc(S(=O)(=O)NC(C)C)cc1[N+](=O)[O-])N1CCCC1. The third kappa shape index (κ3) is 5.56. The van der Waals surface area contributed by atoms with Gasteiger partial charge in [-0.25, -0.2) is 13.1 Å². The lowest BCUT2D eigenvalue weighted by Crippen LogP contribution is -2.31. The number of likely N-dealkylation sites (tertiary alicyclic amines) is 1. The van der Waals surface area contributed by atoms with Crippen molar-refractivity contribution in [3.05, 3.63) is 58.1 Å². The van der Waals surface area contributed by atoms with Crippen molar-refractivity contribution in [3.63, 3.8) is 0 Å². The van der Waals surface area contributed by atoms with Gasteiger partial charge in [-0.1, -0.05) is 18.2 Å². The van der Waals surface area contributed by atoms with Crippen LogP contribution in [0.1, 0.15) is 38.3 Å². The first-order valence-electron chi connectivity index (χ1n) is 10.6. The average Bonchev–Trinajstić information content (AvgIpc) is 3.27. The Kier molecular flexibility index (Phi) is 7.70. The molecule has 0 unspecified atom stereocenters. The van der Waals surface area contributed by atoms with E-state index in [9.17, 15) is 18.5 Å². The third-order valence-electron chi connectivity index (χ3n) is 5.43. The molecular formula is C22H30N4O5S. The molecule has 0 saturated carbocycles. The molecule has 0 spiro atoms. The molecule has 1 heterocycles. The first kappa shape index (κ1) is 24.0. The number of nitrogens with one attached hydrogen (secondary N) is 2. The zero-order valence-electron chi connectivity index (χ0n) is 18.6. The molecule has 1 fully saturated rings. The van der Waals surface area contributed by atoms with Crippen LogP contribution in [0.2, 0.25) is 0 Å². The highest BCUT2D eigenvalue weighted by Gasteiger charge is 2.27. The zero-order chi connectivity index (χ0) is 23.3. The van der Waals surface area contributed by atoms with Gasteiger partial charge in [0.1, 0.15) is 11.4 Å². The normalized spacial score (nSPS) is 15.6. The number of hydrogen-bond donors (Lipinski definition) is 2. The lowest BCUT2D eigenvalue weighted by Gasteiger charge is -2.29. The maximum Gasteiger partial charge on any atom is 0.293 e. The minimum absolute atomic E-state index is 0.0423. The molecule has 2 aromatic rings. The van der Waals surface area contributed by atoms with Crippen molar-refractivity contribution >= 4 is 21.4 Å². The molecule has 1 aliphatic rings. The Morgan fingerprint density at radius 1 is 1.16 bits per heavy atom. The molecular weight excluding hydrogens is 432 g/mol. The number of nitro groups is 1. The summed E-state index contributed by atoms with van der Waals surface area (Å²) >= 11 is 0. The Hall–Kier alpha value is -2.69. The second-order valence-electron chi connectivity index (χ2n) is 8.09. The fourth-order valence-corrected chi connectivity index (χ4v) is 5.27. The van der Waals surface area contributed by atoms with Gasteiger partial charge >= 0.3 is 0 Å². The maximum atomic E-state index is 12.4. The summed E-state index contributed by atoms with van der Waals surface area (Å²) in [4.78, 5) is 13.4. The van der Waals surface area contributed by atoms with Crippen molar-refractivity contribution < 1.29 is 18.1 Å². The Bertz CT molecular complexity index is 1050. The number of benzene rings is 2. The van der Waals surface area contributed by atoms with Crippen LogP contribution in [0.4, 0.5) is 11.4 Å². The van der Waals surface area contributed by atoms with Gasteiger partial charge in [0.25, 0.3) is 5.69 Å². The number of rotatable bonds is 10. The van der Waals surface area contributed by atoms with Crippen LogP contribution in [0.5, 0.6) is 5.75 Å². The predicted molar refractivity (Wildman–Crippen MR) is 124 cm³/mol. The minimum atomic E-state index is -3.84. The summed E-state index contributed by atoms with van der Waals surface area (Å²) in [6.07, 6.45) is 2.20. The number of nitrogens with zero attached hydrogens (tertiary/aromatic N) is 2. The second kappa shape index (κ2) is 10.3. The Labute approximate surface area is 189 Å². The number of anilines is 1. The van der Waals surface area contributed by atoms with Gasteiger partial charge in [0.15, 0.2) is 0 Å². The molecule has 0 amide bonds. The standard InChI is InChI=1S/C22H30N4O5S/c1-16(2)24-32(29,30)17-10-11-19(20(14-17)26(27)28)23-15-21(25-12-6-7-13-25)18-8-4-5-9-22(18)31-3/h4-5,8-11,14,16,21,23-24H,6-7,12-13,15H2,1-3H3/t21-/m0/s1. The number of methoxy groups -OCH3 is 1. The van der Waals surface area contributed by atoms with Crippen LogP contribution in [0.15, 0.2) is 47.4 Å². The highest BCUT2D eigenvalue weighted by atomic mass is 32.2. The molecule has 3 rings (SSSR count). The van der Waals surface area contributed by atoms with Crippen molar-refractivity contribution in [2.45, 2.75) is 43.7 Å². The van der Waals surface area contributed by atoms with Crippen molar-refractivity contribution in [1.29, 1.82) is 0 Å². The lowest BCUT2D eigenvalue weighted by atomic mass is 10.0. The van der Waals surface area contributed by atoms with Gasteiger partial charge < -0.3 is 10.1 Å². The molecule has 10 heteroatoms. The number of sulfonamides is 1. The van der Waals surface area contributed by atoms with Crippen LogP contribution in [-0.4, -0.2) is 51.0 Å². The predicted octanol–water partition coefficient (Wildman–Crippen LogP) is 3.54. The third-order valence-corrected chi connectivity index (χ3v) is 7.09. The van der Waals surface area contributed by atoms with Crippen LogP contribution in [-0.2, 0) is 10.0 Å². The molecule has 9 nitrogen and oxygen atoms in total. The van der Waals surface area contributed by atoms with E-state index in [1.54, 1.807) is 21.0 Å². The summed E-state index contributed by atoms with van der Waals surface area (Å²) in [6.45, 7) is 5.67. The number of ether oxygens (including phenoxy) is 1. The number of hydrogen-bond acceptors (Lipinski definition) is 7. The van der Waals surface area contributed by atoms with E-state index in [0.717, 1.165) is 43.3 Å². The van der Waals surface area contributed by atoms with Gasteiger partial charge in [-0.15, -0.1) is 0 Å². The topological polar surface area (TPSA) is 114 Å². The summed E-state index contributed by atoms with van der Waals surface area (Å²) in [5.41, 5.74) is 1.00. The van der Waals surface area contributed by atoms with Crippen molar-refractivity contribution in [2.24, 2.45) is 0 Å². The molecule has 0 bridgehead atoms. The van der Waals surface area contributed by atoms with E-state index in [-0.39, 0.29) is 28.4 Å². The maximum absolute atomic E-state index is 12.4. The second-order valence-corrected chi connectivity index (χ2v) is 9.81. The molecule has 174 valence electrons. The molecule has 32 heavy (non-hydrogen) atoms. The van der Waals surface area contributed by atoms with Gasteiger partial charge in [-0.3, -0.25) is 15.0 Å². The van der Waals surface area contributed by atoms with Gasteiger partial charge in [-0.05, 0) is 58.0 Å². The summed E-state index contributed by atoms with van der Waals surface area (Å²) in [5.74, 6) is 0.766. The highest BCUT2D eigenvalue weighted by molar-refractivity contribution is 7.89. The van der Waals surface area contributed by atoms with Crippen LogP contribution in [0, 0.1) is 10.1 Å². The lowest BCUT2D eigenvalue weighted by molar-refractivity contribution is -0.384. The van der Waals surface area contributed by atoms with Crippen molar-refractivity contribution in [3.8, 4) is 5.75 Å². The average molecular weight is 463 g/mol. The Balaban J connectivity index is 1.89. The molecule has 2 N–H and O–H groups in total. The van der Waals surface area contributed by atoms with Gasteiger partial charge in [0, 0.05) is 24.2 Å². The number of nitro benzene ring substituents is 1. The van der Waals surface area contributed by atoms with E-state index >= 15 is 0 Å². The highest BCUT2D eigenvalue weighted by Crippen LogP contribution is 2.34. The van der Waals surface area contributed by atoms with E-state index in [2.05, 4.69) is 14.9 Å². The Morgan fingerprint density at radius 3 is 2.47 bits per heavy atom. The molecule has 1 atom stereocenters. The van der Waals surface area contributed by atoms with Crippen molar-refractivity contribution in [1.82, 2.24) is 9.62 Å². The van der Waals surface area contributed by atoms with Gasteiger partial charge in [0.2, 0.25) is 10.0 Å². The first-order valence-corrected chi connectivity index (χ1v) is 12.1. The van der Waals surface area contributed by atoms with Crippen LogP contribution < -0.4 is 14.8 Å². The van der Waals surface area contributed by atoms with Gasteiger partial charge in [0.05, 0.1) is 23.0 Å². The summed E-state index contributed by atoms with van der Waals surface area (Å²) in [6, 6.07) is 11.3. The quantitative estimate of drug-likeness (QED) is 0.410. The fraction of sp³-hybridized carbons (Fsp3) is 0.455. The minimum Gasteiger partial charge on any atom is -0.496 e. The zero-order valence-corrected chi connectivity index (χ0v) is 19.4.